The molecule has 0 amide bonds. The zero-order chi connectivity index (χ0) is 40.6. The molecule has 0 bridgehead atoms. The summed E-state index contributed by atoms with van der Waals surface area (Å²) >= 11 is 0. The number of ether oxygens (including phenoxy) is 2. The molecule has 0 spiro atoms. The molecule has 2 atom stereocenters. The number of likely N-dealkylation sites (N-methyl/N-ethyl adjacent to an activating group) is 1. The highest BCUT2D eigenvalue weighted by atomic mass is 31.2. The van der Waals surface area contributed by atoms with E-state index in [0.717, 1.165) is 83.5 Å². The lowest BCUT2D eigenvalue weighted by Crippen LogP contribution is -2.37. The Bertz CT molecular complexity index is 1190. The van der Waals surface area contributed by atoms with Gasteiger partial charge >= 0.3 is 13.8 Å². The van der Waals surface area contributed by atoms with E-state index in [9.17, 15) is 14.3 Å². The van der Waals surface area contributed by atoms with E-state index < -0.39 is 13.9 Å². The molecule has 8 nitrogen and oxygen atoms in total. The van der Waals surface area contributed by atoms with Crippen LogP contribution in [0.1, 0.15) is 129 Å². The third-order valence-corrected chi connectivity index (χ3v) is 9.13. The Morgan fingerprint density at radius 2 is 1.00 bits per heavy atom. The van der Waals surface area contributed by atoms with Crippen LogP contribution in [0.15, 0.2) is 97.2 Å². The number of unbranched alkanes of at least 4 members (excludes halogenated alkanes) is 7. The SMILES string of the molecule is CC/C=C\C/C=C\C/C=C\C/C=C\C/C=C\CCCC(=O)OC(COCCCCCCCC/C=C\C/C=C\C/C=C\CC)COP(=O)(O)OCC[N+](C)(C)C. The largest absolute Gasteiger partial charge is 0.472 e. The minimum absolute atomic E-state index is 0.0692. The van der Waals surface area contributed by atoms with Gasteiger partial charge in [0.2, 0.25) is 0 Å². The lowest BCUT2D eigenvalue weighted by molar-refractivity contribution is -0.870. The number of quaternary nitrogens is 1. The van der Waals surface area contributed by atoms with Gasteiger partial charge in [-0.2, -0.15) is 0 Å². The van der Waals surface area contributed by atoms with Crippen LogP contribution >= 0.6 is 7.82 Å². The number of carbonyl (C=O) groups is 1. The van der Waals surface area contributed by atoms with Crippen LogP contribution in [0, 0.1) is 0 Å². The Labute approximate surface area is 337 Å². The lowest BCUT2D eigenvalue weighted by Gasteiger charge is -2.24. The summed E-state index contributed by atoms with van der Waals surface area (Å²) in [6.45, 7) is 5.25. The Kier molecular flexibility index (Phi) is 36.5. The van der Waals surface area contributed by atoms with Gasteiger partial charge in [-0.1, -0.05) is 137 Å². The summed E-state index contributed by atoms with van der Waals surface area (Å²) in [7, 11) is 1.60. The Morgan fingerprint density at radius 3 is 1.49 bits per heavy atom. The number of hydrogen-bond acceptors (Lipinski definition) is 6. The fraction of sp³-hybridized carbons (Fsp3) is 0.630. The number of phosphoric acid groups is 1. The number of allylic oxidation sites excluding steroid dienone is 16. The van der Waals surface area contributed by atoms with Crippen LogP contribution in [0.4, 0.5) is 0 Å². The zero-order valence-corrected chi connectivity index (χ0v) is 36.3. The second-order valence-corrected chi connectivity index (χ2v) is 16.1. The summed E-state index contributed by atoms with van der Waals surface area (Å²) in [6.07, 6.45) is 51.6. The van der Waals surface area contributed by atoms with E-state index in [1.807, 2.05) is 21.1 Å². The van der Waals surface area contributed by atoms with Gasteiger partial charge in [0.25, 0.3) is 0 Å². The van der Waals surface area contributed by atoms with E-state index in [1.54, 1.807) is 0 Å². The third kappa shape index (κ3) is 42.4. The molecule has 0 aromatic carbocycles. The van der Waals surface area contributed by atoms with Crippen molar-refractivity contribution in [1.29, 1.82) is 0 Å². The van der Waals surface area contributed by atoms with Gasteiger partial charge in [-0.15, -0.1) is 0 Å². The highest BCUT2D eigenvalue weighted by Crippen LogP contribution is 2.43. The highest BCUT2D eigenvalue weighted by Gasteiger charge is 2.26. The predicted molar refractivity (Wildman–Crippen MR) is 233 cm³/mol. The predicted octanol–water partition coefficient (Wildman–Crippen LogP) is 12.3. The van der Waals surface area contributed by atoms with E-state index in [4.69, 9.17) is 18.5 Å². The van der Waals surface area contributed by atoms with Gasteiger partial charge in [0.1, 0.15) is 19.3 Å². The van der Waals surface area contributed by atoms with Gasteiger partial charge in [-0.05, 0) is 83.5 Å². The van der Waals surface area contributed by atoms with Crippen molar-refractivity contribution >= 4 is 13.8 Å². The number of nitrogens with zero attached hydrogens (tertiary/aromatic N) is 1. The van der Waals surface area contributed by atoms with Crippen LogP contribution in [0.25, 0.3) is 0 Å². The summed E-state index contributed by atoms with van der Waals surface area (Å²) in [6, 6.07) is 0. The minimum atomic E-state index is -4.30. The molecular weight excluding hydrogens is 709 g/mol. The van der Waals surface area contributed by atoms with E-state index in [2.05, 4.69) is 111 Å². The molecule has 0 saturated carbocycles. The second-order valence-electron chi connectivity index (χ2n) is 14.6. The van der Waals surface area contributed by atoms with Crippen LogP contribution in [0.5, 0.6) is 0 Å². The van der Waals surface area contributed by atoms with Crippen LogP contribution in [-0.4, -0.2) is 75.6 Å². The summed E-state index contributed by atoms with van der Waals surface area (Å²) in [5.41, 5.74) is 0. The number of hydrogen-bond donors (Lipinski definition) is 1. The van der Waals surface area contributed by atoms with Crippen LogP contribution in [-0.2, 0) is 27.9 Å². The molecule has 1 N–H and O–H groups in total. The number of phosphoric ester groups is 1. The number of rotatable bonds is 37. The van der Waals surface area contributed by atoms with Crippen LogP contribution in [0.2, 0.25) is 0 Å². The normalized spacial score (nSPS) is 14.8. The van der Waals surface area contributed by atoms with Gasteiger partial charge in [-0.3, -0.25) is 13.8 Å². The molecule has 0 fully saturated rings. The van der Waals surface area contributed by atoms with Crippen LogP contribution in [0.3, 0.4) is 0 Å². The average Bonchev–Trinajstić information content (AvgIpc) is 3.13. The molecule has 314 valence electrons. The van der Waals surface area contributed by atoms with Crippen molar-refractivity contribution in [2.24, 2.45) is 0 Å². The zero-order valence-electron chi connectivity index (χ0n) is 35.4. The van der Waals surface area contributed by atoms with E-state index in [0.29, 0.717) is 24.1 Å². The van der Waals surface area contributed by atoms with E-state index >= 15 is 0 Å². The Morgan fingerprint density at radius 1 is 0.564 bits per heavy atom. The monoisotopic (exact) mass is 789 g/mol. The maximum absolute atomic E-state index is 12.7. The summed E-state index contributed by atoms with van der Waals surface area (Å²) in [4.78, 5) is 22.8. The fourth-order valence-corrected chi connectivity index (χ4v) is 5.69. The Balaban J connectivity index is 4.41. The van der Waals surface area contributed by atoms with Gasteiger partial charge < -0.3 is 18.9 Å². The van der Waals surface area contributed by atoms with Gasteiger partial charge in [-0.25, -0.2) is 4.57 Å². The van der Waals surface area contributed by atoms with Gasteiger partial charge in [0.05, 0.1) is 34.4 Å². The number of carbonyl (C=O) groups excluding carboxylic acids is 1. The molecule has 0 aliphatic rings. The molecular formula is C46H79NO7P+. The third-order valence-electron chi connectivity index (χ3n) is 8.14. The van der Waals surface area contributed by atoms with Crippen LogP contribution < -0.4 is 0 Å². The first-order valence-corrected chi connectivity index (χ1v) is 22.5. The first kappa shape index (κ1) is 52.4. The molecule has 2 unspecified atom stereocenters. The molecule has 0 radical (unpaired) electrons. The topological polar surface area (TPSA) is 91.3 Å². The van der Waals surface area contributed by atoms with Crippen molar-refractivity contribution in [3.8, 4) is 0 Å². The molecule has 0 aliphatic heterocycles. The van der Waals surface area contributed by atoms with E-state index in [1.165, 1.54) is 19.3 Å². The molecule has 0 aliphatic carbocycles. The van der Waals surface area contributed by atoms with Crippen molar-refractivity contribution in [1.82, 2.24) is 0 Å². The molecule has 0 heterocycles. The van der Waals surface area contributed by atoms with Crippen molar-refractivity contribution < 1.29 is 37.3 Å². The fourth-order valence-electron chi connectivity index (χ4n) is 4.95. The maximum atomic E-state index is 12.7. The van der Waals surface area contributed by atoms with E-state index in [-0.39, 0.29) is 32.2 Å². The van der Waals surface area contributed by atoms with Crippen molar-refractivity contribution in [3.63, 3.8) is 0 Å². The average molecular weight is 789 g/mol. The molecule has 0 aromatic heterocycles. The van der Waals surface area contributed by atoms with Gasteiger partial charge in [0, 0.05) is 13.0 Å². The quantitative estimate of drug-likeness (QED) is 0.0220. The van der Waals surface area contributed by atoms with Crippen molar-refractivity contribution in [2.45, 2.75) is 136 Å². The number of esters is 1. The summed E-state index contributed by atoms with van der Waals surface area (Å²) in [5, 5.41) is 0. The van der Waals surface area contributed by atoms with Crippen molar-refractivity contribution in [2.75, 3.05) is 54.1 Å². The smallest absolute Gasteiger partial charge is 0.457 e. The maximum Gasteiger partial charge on any atom is 0.472 e. The highest BCUT2D eigenvalue weighted by molar-refractivity contribution is 7.47. The summed E-state index contributed by atoms with van der Waals surface area (Å²) < 4.78 is 34.9. The molecule has 0 saturated heterocycles. The standard InChI is InChI=1S/C46H78NO7P/c1-6-8-10-12-14-16-18-20-22-24-25-27-29-31-33-35-37-39-46(48)54-45(44-53-55(49,50)52-42-40-47(3,4)5)43-51-41-38-36-34-32-30-28-26-23-21-19-17-15-13-11-9-7-2/h8-11,14-17,20-23,25,27,31,33,45H,6-7,12-13,18-19,24,26,28-30,32,34-44H2,1-5H3/p+1/b10-8-,11-9-,16-14-,17-15-,22-20-,23-21-,27-25-,33-31-. The first-order valence-electron chi connectivity index (χ1n) is 21.0. The van der Waals surface area contributed by atoms with Gasteiger partial charge in [0.15, 0.2) is 0 Å². The second kappa shape index (κ2) is 38.3. The lowest BCUT2D eigenvalue weighted by atomic mass is 10.1. The summed E-state index contributed by atoms with van der Waals surface area (Å²) in [5.74, 6) is -0.380. The molecule has 0 rings (SSSR count). The molecule has 0 aromatic rings. The Hall–Kier alpha value is -2.58. The molecule has 9 heteroatoms. The minimum Gasteiger partial charge on any atom is -0.457 e. The first-order chi connectivity index (χ1) is 26.6. The van der Waals surface area contributed by atoms with Crippen molar-refractivity contribution in [3.05, 3.63) is 97.2 Å². The molecule has 55 heavy (non-hydrogen) atoms.